The predicted molar refractivity (Wildman–Crippen MR) is 142 cm³/mol. The van der Waals surface area contributed by atoms with Crippen LogP contribution in [0.2, 0.25) is 0 Å². The zero-order valence-electron chi connectivity index (χ0n) is 21.2. The molecular formula is C28H37BrN2O4. The summed E-state index contributed by atoms with van der Waals surface area (Å²) >= 11 is 3.55. The second-order valence-electron chi connectivity index (χ2n) is 9.53. The molecule has 1 atom stereocenters. The predicted octanol–water partition coefficient (Wildman–Crippen LogP) is 5.83. The number of nitrogens with one attached hydrogen (secondary N) is 1. The van der Waals surface area contributed by atoms with E-state index in [-0.39, 0.29) is 31.0 Å². The first-order chi connectivity index (χ1) is 16.8. The van der Waals surface area contributed by atoms with E-state index in [1.807, 2.05) is 42.5 Å². The summed E-state index contributed by atoms with van der Waals surface area (Å²) in [6.45, 7) is 6.16. The van der Waals surface area contributed by atoms with E-state index in [1.54, 1.807) is 18.9 Å². The van der Waals surface area contributed by atoms with Crippen LogP contribution in [0.15, 0.2) is 46.9 Å². The minimum absolute atomic E-state index is 0.129. The maximum atomic E-state index is 13.4. The van der Waals surface area contributed by atoms with E-state index in [1.165, 1.54) is 12.0 Å². The lowest BCUT2D eigenvalue weighted by Gasteiger charge is -2.31. The van der Waals surface area contributed by atoms with Crippen LogP contribution < -0.4 is 14.8 Å². The third-order valence-electron chi connectivity index (χ3n) is 6.58. The molecule has 0 unspecified atom stereocenters. The first kappa shape index (κ1) is 27.1. The molecule has 1 fully saturated rings. The average Bonchev–Trinajstić information content (AvgIpc) is 2.86. The normalized spacial score (nSPS) is 14.9. The van der Waals surface area contributed by atoms with Crippen molar-refractivity contribution in [2.45, 2.75) is 77.4 Å². The Kier molecular flexibility index (Phi) is 10.0. The first-order valence-corrected chi connectivity index (χ1v) is 13.2. The minimum Gasteiger partial charge on any atom is -0.497 e. The molecule has 0 bridgehead atoms. The van der Waals surface area contributed by atoms with Crippen LogP contribution in [0.25, 0.3) is 0 Å². The van der Waals surface area contributed by atoms with Gasteiger partial charge in [0, 0.05) is 12.6 Å². The molecule has 190 valence electrons. The molecule has 35 heavy (non-hydrogen) atoms. The van der Waals surface area contributed by atoms with Gasteiger partial charge in [-0.15, -0.1) is 0 Å². The summed E-state index contributed by atoms with van der Waals surface area (Å²) in [5.74, 6) is 1.32. The van der Waals surface area contributed by atoms with Gasteiger partial charge in [0.1, 0.15) is 17.5 Å². The highest BCUT2D eigenvalue weighted by Crippen LogP contribution is 2.29. The van der Waals surface area contributed by atoms with Gasteiger partial charge >= 0.3 is 0 Å². The van der Waals surface area contributed by atoms with Crippen molar-refractivity contribution in [1.29, 1.82) is 0 Å². The fraction of sp³-hybridized carbons (Fsp3) is 0.500. The van der Waals surface area contributed by atoms with E-state index < -0.39 is 6.04 Å². The van der Waals surface area contributed by atoms with E-state index in [4.69, 9.17) is 9.47 Å². The molecule has 6 nitrogen and oxygen atoms in total. The standard InChI is InChI=1S/C28H37BrN2O4/c1-19(2)22-13-14-26(25(29)16-22)35-18-27(32)31(17-21-9-8-12-24(15-21)34-4)20(3)28(33)30-23-10-6-5-7-11-23/h8-9,12-16,19-20,23H,5-7,10-11,17-18H2,1-4H3,(H,30,33)/t20-/m1/s1. The van der Waals surface area contributed by atoms with Gasteiger partial charge in [-0.3, -0.25) is 9.59 Å². The van der Waals surface area contributed by atoms with E-state index >= 15 is 0 Å². The molecule has 2 aromatic rings. The lowest BCUT2D eigenvalue weighted by molar-refractivity contribution is -0.142. The maximum absolute atomic E-state index is 13.4. The third kappa shape index (κ3) is 7.72. The number of ether oxygens (including phenoxy) is 2. The molecule has 1 aliphatic carbocycles. The Balaban J connectivity index is 1.74. The van der Waals surface area contributed by atoms with Gasteiger partial charge in [0.05, 0.1) is 11.6 Å². The summed E-state index contributed by atoms with van der Waals surface area (Å²) in [7, 11) is 1.61. The molecular weight excluding hydrogens is 508 g/mol. The lowest BCUT2D eigenvalue weighted by Crippen LogP contribution is -2.51. The monoisotopic (exact) mass is 544 g/mol. The number of nitrogens with zero attached hydrogens (tertiary/aromatic N) is 1. The Bertz CT molecular complexity index is 1000. The molecule has 1 aliphatic rings. The van der Waals surface area contributed by atoms with Gasteiger partial charge in [-0.25, -0.2) is 0 Å². The van der Waals surface area contributed by atoms with E-state index in [0.29, 0.717) is 17.4 Å². The second-order valence-corrected chi connectivity index (χ2v) is 10.4. The van der Waals surface area contributed by atoms with Crippen LogP contribution in [0, 0.1) is 0 Å². The number of carbonyl (C=O) groups is 2. The van der Waals surface area contributed by atoms with Crippen LogP contribution in [-0.4, -0.2) is 42.5 Å². The molecule has 3 rings (SSSR count). The molecule has 7 heteroatoms. The Morgan fingerprint density at radius 2 is 1.83 bits per heavy atom. The van der Waals surface area contributed by atoms with Gasteiger partial charge in [-0.05, 0) is 77.0 Å². The van der Waals surface area contributed by atoms with Crippen LogP contribution in [0.1, 0.15) is 69.9 Å². The highest BCUT2D eigenvalue weighted by Gasteiger charge is 2.28. The number of methoxy groups -OCH3 is 1. The molecule has 0 saturated heterocycles. The summed E-state index contributed by atoms with van der Waals surface area (Å²) in [6.07, 6.45) is 5.46. The first-order valence-electron chi connectivity index (χ1n) is 12.4. The van der Waals surface area contributed by atoms with Crippen molar-refractivity contribution >= 4 is 27.7 Å². The lowest BCUT2D eigenvalue weighted by atomic mass is 9.95. The number of hydrogen-bond acceptors (Lipinski definition) is 4. The van der Waals surface area contributed by atoms with Crippen LogP contribution in [0.4, 0.5) is 0 Å². The molecule has 1 N–H and O–H groups in total. The highest BCUT2D eigenvalue weighted by molar-refractivity contribution is 9.10. The molecule has 0 spiro atoms. The van der Waals surface area contributed by atoms with Gasteiger partial charge in [-0.2, -0.15) is 0 Å². The quantitative estimate of drug-likeness (QED) is 0.408. The topological polar surface area (TPSA) is 67.9 Å². The average molecular weight is 546 g/mol. The Hall–Kier alpha value is -2.54. The van der Waals surface area contributed by atoms with Crippen molar-refractivity contribution in [3.05, 3.63) is 58.1 Å². The fourth-order valence-electron chi connectivity index (χ4n) is 4.33. The number of amides is 2. The maximum Gasteiger partial charge on any atom is 0.261 e. The fourth-order valence-corrected chi connectivity index (χ4v) is 4.85. The molecule has 2 aromatic carbocycles. The molecule has 0 heterocycles. The molecule has 0 aliphatic heterocycles. The van der Waals surface area contributed by atoms with Crippen LogP contribution in [0.3, 0.4) is 0 Å². The summed E-state index contributed by atoms with van der Waals surface area (Å²) < 4.78 is 12.0. The van der Waals surface area contributed by atoms with Gasteiger partial charge in [0.25, 0.3) is 5.91 Å². The van der Waals surface area contributed by atoms with Gasteiger partial charge in [0.2, 0.25) is 5.91 Å². The highest BCUT2D eigenvalue weighted by atomic mass is 79.9. The largest absolute Gasteiger partial charge is 0.497 e. The second kappa shape index (κ2) is 13.0. The molecule has 0 radical (unpaired) electrons. The van der Waals surface area contributed by atoms with Crippen molar-refractivity contribution < 1.29 is 19.1 Å². The van der Waals surface area contributed by atoms with Crippen molar-refractivity contribution in [3.63, 3.8) is 0 Å². The van der Waals surface area contributed by atoms with Gasteiger partial charge < -0.3 is 19.7 Å². The van der Waals surface area contributed by atoms with Crippen LogP contribution >= 0.6 is 15.9 Å². The molecule has 0 aromatic heterocycles. The van der Waals surface area contributed by atoms with E-state index in [0.717, 1.165) is 35.7 Å². The van der Waals surface area contributed by atoms with Crippen LogP contribution in [-0.2, 0) is 16.1 Å². The Morgan fingerprint density at radius 3 is 2.49 bits per heavy atom. The van der Waals surface area contributed by atoms with Crippen molar-refractivity contribution in [3.8, 4) is 11.5 Å². The van der Waals surface area contributed by atoms with Crippen LogP contribution in [0.5, 0.6) is 11.5 Å². The van der Waals surface area contributed by atoms with Crippen molar-refractivity contribution in [2.75, 3.05) is 13.7 Å². The summed E-state index contributed by atoms with van der Waals surface area (Å²) in [5, 5.41) is 3.16. The zero-order chi connectivity index (χ0) is 25.4. The summed E-state index contributed by atoms with van der Waals surface area (Å²) in [6, 6.07) is 13.0. The number of halogens is 1. The minimum atomic E-state index is -0.633. The Labute approximate surface area is 217 Å². The van der Waals surface area contributed by atoms with E-state index in [2.05, 4.69) is 35.1 Å². The molecule has 2 amide bonds. The number of rotatable bonds is 10. The van der Waals surface area contributed by atoms with E-state index in [9.17, 15) is 9.59 Å². The number of benzene rings is 2. The number of hydrogen-bond donors (Lipinski definition) is 1. The smallest absolute Gasteiger partial charge is 0.261 e. The molecule has 1 saturated carbocycles. The summed E-state index contributed by atoms with van der Waals surface area (Å²) in [5.41, 5.74) is 2.07. The van der Waals surface area contributed by atoms with Gasteiger partial charge in [-0.1, -0.05) is 51.3 Å². The van der Waals surface area contributed by atoms with Crippen molar-refractivity contribution in [2.24, 2.45) is 0 Å². The summed E-state index contributed by atoms with van der Waals surface area (Å²) in [4.78, 5) is 28.1. The SMILES string of the molecule is COc1cccc(CN(C(=O)COc2ccc(C(C)C)cc2Br)[C@H](C)C(=O)NC2CCCCC2)c1. The Morgan fingerprint density at radius 1 is 1.09 bits per heavy atom. The number of carbonyl (C=O) groups excluding carboxylic acids is 2. The van der Waals surface area contributed by atoms with Crippen molar-refractivity contribution in [1.82, 2.24) is 10.2 Å². The third-order valence-corrected chi connectivity index (χ3v) is 7.20. The van der Waals surface area contributed by atoms with Gasteiger partial charge in [0.15, 0.2) is 6.61 Å². The zero-order valence-corrected chi connectivity index (χ0v) is 22.8.